The van der Waals surface area contributed by atoms with E-state index >= 15 is 0 Å². The third-order valence-electron chi connectivity index (χ3n) is 12.4. The van der Waals surface area contributed by atoms with E-state index < -0.39 is 0 Å². The van der Waals surface area contributed by atoms with E-state index in [1.54, 1.807) is 0 Å². The molecule has 0 heterocycles. The van der Waals surface area contributed by atoms with E-state index in [2.05, 4.69) is 26.0 Å². The molecule has 2 nitrogen and oxygen atoms in total. The summed E-state index contributed by atoms with van der Waals surface area (Å²) in [6, 6.07) is 0. The maximum Gasteiger partial charge on any atom is 0.305 e. The predicted molar refractivity (Wildman–Crippen MR) is 253 cm³/mol. The summed E-state index contributed by atoms with van der Waals surface area (Å²) in [4.78, 5) is 12.0. The number of hydrogen-bond acceptors (Lipinski definition) is 2. The van der Waals surface area contributed by atoms with Gasteiger partial charge in [-0.25, -0.2) is 0 Å². The van der Waals surface area contributed by atoms with Crippen LogP contribution in [0.25, 0.3) is 0 Å². The molecule has 0 fully saturated rings. The number of ether oxygens (including phenoxy) is 1. The van der Waals surface area contributed by atoms with Crippen LogP contribution >= 0.6 is 0 Å². The third-order valence-corrected chi connectivity index (χ3v) is 12.4. The minimum Gasteiger partial charge on any atom is -0.466 e. The number of carbonyl (C=O) groups excluding carboxylic acids is 1. The quantitative estimate of drug-likeness (QED) is 0.0349. The monoisotopic (exact) mass is 787 g/mol. The fourth-order valence-corrected chi connectivity index (χ4v) is 8.43. The van der Waals surface area contributed by atoms with Crippen LogP contribution in [0.4, 0.5) is 0 Å². The smallest absolute Gasteiger partial charge is 0.305 e. The van der Waals surface area contributed by atoms with Gasteiger partial charge >= 0.3 is 5.97 Å². The maximum absolute atomic E-state index is 12.0. The molecule has 0 amide bonds. The third kappa shape index (κ3) is 51.2. The van der Waals surface area contributed by atoms with Crippen molar-refractivity contribution < 1.29 is 9.53 Å². The van der Waals surface area contributed by atoms with E-state index in [1.165, 1.54) is 289 Å². The molecule has 56 heavy (non-hydrogen) atoms. The molecule has 0 aromatic carbocycles. The maximum atomic E-state index is 12.0. The van der Waals surface area contributed by atoms with Crippen LogP contribution in [0.5, 0.6) is 0 Å². The molecular weight excluding hydrogens is 681 g/mol. The Bertz CT molecular complexity index is 728. The molecule has 334 valence electrons. The number of allylic oxidation sites excluding steroid dienone is 2. The van der Waals surface area contributed by atoms with E-state index in [9.17, 15) is 4.79 Å². The molecule has 0 saturated heterocycles. The highest BCUT2D eigenvalue weighted by Gasteiger charge is 2.03. The molecule has 0 aliphatic rings. The molecular formula is C54H106O2. The van der Waals surface area contributed by atoms with Gasteiger partial charge in [0.25, 0.3) is 0 Å². The second kappa shape index (κ2) is 52.2. The zero-order valence-corrected chi connectivity index (χ0v) is 39.1. The van der Waals surface area contributed by atoms with E-state index in [0.717, 1.165) is 12.8 Å². The van der Waals surface area contributed by atoms with Gasteiger partial charge in [-0.2, -0.15) is 0 Å². The van der Waals surface area contributed by atoms with Crippen LogP contribution in [0.3, 0.4) is 0 Å². The second-order valence-electron chi connectivity index (χ2n) is 18.2. The van der Waals surface area contributed by atoms with Crippen LogP contribution in [0.2, 0.25) is 0 Å². The van der Waals surface area contributed by atoms with Crippen molar-refractivity contribution in [3.8, 4) is 0 Å². The summed E-state index contributed by atoms with van der Waals surface area (Å²) in [7, 11) is 0. The van der Waals surface area contributed by atoms with Crippen molar-refractivity contribution in [1.82, 2.24) is 0 Å². The SMILES string of the molecule is CCCCCC/C=C\CCCCCCCCOC(=O)CCCCCCCCCCCCCCCCCCCCCCCCCCCCCCCCCCCCC. The van der Waals surface area contributed by atoms with Gasteiger partial charge in [-0.05, 0) is 38.5 Å². The molecule has 0 rings (SSSR count). The molecule has 0 aliphatic carbocycles. The molecule has 0 aliphatic heterocycles. The standard InChI is InChI=1S/C54H106O2/c1-3-5-7-9-11-13-15-17-19-20-21-22-23-24-25-26-27-28-29-30-31-32-33-34-35-36-37-38-39-40-42-44-46-48-50-52-54(55)56-53-51-49-47-45-43-41-18-16-14-12-10-8-6-4-2/h14,16H,3-13,15,17-53H2,1-2H3/b16-14-. The van der Waals surface area contributed by atoms with Crippen molar-refractivity contribution >= 4 is 5.97 Å². The fourth-order valence-electron chi connectivity index (χ4n) is 8.43. The van der Waals surface area contributed by atoms with Gasteiger partial charge < -0.3 is 4.74 Å². The Kier molecular flexibility index (Phi) is 51.5. The summed E-state index contributed by atoms with van der Waals surface area (Å²) < 4.78 is 5.47. The molecule has 0 aromatic heterocycles. The molecule has 0 N–H and O–H groups in total. The molecule has 0 unspecified atom stereocenters. The van der Waals surface area contributed by atoms with Gasteiger partial charge in [-0.3, -0.25) is 4.79 Å². The van der Waals surface area contributed by atoms with Gasteiger partial charge in [0.1, 0.15) is 0 Å². The van der Waals surface area contributed by atoms with Crippen molar-refractivity contribution in [2.24, 2.45) is 0 Å². The summed E-state index contributed by atoms with van der Waals surface area (Å²) >= 11 is 0. The van der Waals surface area contributed by atoms with Crippen molar-refractivity contribution in [2.45, 2.75) is 322 Å². The fraction of sp³-hybridized carbons (Fsp3) is 0.944. The Labute approximate surface area is 355 Å². The van der Waals surface area contributed by atoms with Gasteiger partial charge in [0.15, 0.2) is 0 Å². The lowest BCUT2D eigenvalue weighted by Gasteiger charge is -2.06. The Morgan fingerprint density at radius 3 is 0.786 bits per heavy atom. The first kappa shape index (κ1) is 55.2. The van der Waals surface area contributed by atoms with E-state index in [0.29, 0.717) is 13.0 Å². The number of rotatable bonds is 50. The highest BCUT2D eigenvalue weighted by Crippen LogP contribution is 2.18. The number of esters is 1. The number of unbranched alkanes of at least 4 members (excludes halogenated alkanes) is 44. The molecule has 2 heteroatoms. The number of carbonyl (C=O) groups is 1. The Balaban J connectivity index is 3.14. The normalized spacial score (nSPS) is 11.7. The molecule has 0 atom stereocenters. The van der Waals surface area contributed by atoms with Gasteiger partial charge in [0.05, 0.1) is 6.61 Å². The Hall–Kier alpha value is -0.790. The highest BCUT2D eigenvalue weighted by atomic mass is 16.5. The number of hydrogen-bond donors (Lipinski definition) is 0. The lowest BCUT2D eigenvalue weighted by Crippen LogP contribution is -2.05. The zero-order valence-electron chi connectivity index (χ0n) is 39.1. The summed E-state index contributed by atoms with van der Waals surface area (Å²) in [5.41, 5.74) is 0. The van der Waals surface area contributed by atoms with Crippen LogP contribution in [-0.2, 0) is 9.53 Å². The molecule has 0 bridgehead atoms. The first-order valence-electron chi connectivity index (χ1n) is 26.6. The minimum absolute atomic E-state index is 0.0255. The van der Waals surface area contributed by atoms with Crippen molar-refractivity contribution in [3.63, 3.8) is 0 Å². The average molecular weight is 787 g/mol. The summed E-state index contributed by atoms with van der Waals surface area (Å²) in [5.74, 6) is 0.0255. The van der Waals surface area contributed by atoms with E-state index in [1.807, 2.05) is 0 Å². The molecule has 0 aromatic rings. The average Bonchev–Trinajstić information content (AvgIpc) is 3.20. The van der Waals surface area contributed by atoms with Gasteiger partial charge in [0, 0.05) is 6.42 Å². The molecule has 0 radical (unpaired) electrons. The van der Waals surface area contributed by atoms with Crippen molar-refractivity contribution in [1.29, 1.82) is 0 Å². The van der Waals surface area contributed by atoms with Crippen molar-refractivity contribution in [3.05, 3.63) is 12.2 Å². The first-order valence-corrected chi connectivity index (χ1v) is 26.6. The van der Waals surface area contributed by atoms with Gasteiger partial charge in [0.2, 0.25) is 0 Å². The van der Waals surface area contributed by atoms with Crippen LogP contribution in [0.1, 0.15) is 322 Å². The summed E-state index contributed by atoms with van der Waals surface area (Å²) in [6.07, 6.45) is 70.9. The molecule has 0 saturated carbocycles. The van der Waals surface area contributed by atoms with Crippen LogP contribution in [0.15, 0.2) is 12.2 Å². The second-order valence-corrected chi connectivity index (χ2v) is 18.2. The van der Waals surface area contributed by atoms with Gasteiger partial charge in [-0.1, -0.05) is 289 Å². The summed E-state index contributed by atoms with van der Waals surface area (Å²) in [5, 5.41) is 0. The van der Waals surface area contributed by atoms with E-state index in [4.69, 9.17) is 4.74 Å². The lowest BCUT2D eigenvalue weighted by atomic mass is 10.0. The van der Waals surface area contributed by atoms with Crippen LogP contribution in [-0.4, -0.2) is 12.6 Å². The predicted octanol–water partition coefficient (Wildman–Crippen LogP) is 19.9. The highest BCUT2D eigenvalue weighted by molar-refractivity contribution is 5.69. The largest absolute Gasteiger partial charge is 0.466 e. The zero-order chi connectivity index (χ0) is 40.3. The van der Waals surface area contributed by atoms with E-state index in [-0.39, 0.29) is 5.97 Å². The van der Waals surface area contributed by atoms with Crippen LogP contribution < -0.4 is 0 Å². The Morgan fingerprint density at radius 2 is 0.500 bits per heavy atom. The van der Waals surface area contributed by atoms with Crippen molar-refractivity contribution in [2.75, 3.05) is 6.61 Å². The van der Waals surface area contributed by atoms with Gasteiger partial charge in [-0.15, -0.1) is 0 Å². The Morgan fingerprint density at radius 1 is 0.286 bits per heavy atom. The topological polar surface area (TPSA) is 26.3 Å². The first-order chi connectivity index (χ1) is 27.8. The van der Waals surface area contributed by atoms with Crippen LogP contribution in [0, 0.1) is 0 Å². The molecule has 0 spiro atoms. The summed E-state index contributed by atoms with van der Waals surface area (Å²) in [6.45, 7) is 5.21. The lowest BCUT2D eigenvalue weighted by molar-refractivity contribution is -0.143. The minimum atomic E-state index is 0.0255.